The van der Waals surface area contributed by atoms with E-state index in [-0.39, 0.29) is 35.9 Å². The molecule has 1 aliphatic carbocycles. The number of aliphatic imine (C=N–C) groups is 1. The van der Waals surface area contributed by atoms with Gasteiger partial charge in [0.15, 0.2) is 5.96 Å². The van der Waals surface area contributed by atoms with Crippen LogP contribution >= 0.6 is 24.0 Å². The molecule has 1 unspecified atom stereocenters. The standard InChI is InChI=1S/C23H37N5O2.HI/c1-3-14-30-21-11-10-18(15-25-21)16-26-23(24-4-2)27-20-12-13-28(17-20)22(29)19-8-6-5-7-9-19;/h10-11,15,19-20H,3-9,12-14,16-17H2,1-2H3,(H2,24,26,27);1H. The van der Waals surface area contributed by atoms with E-state index in [0.717, 1.165) is 56.8 Å². The smallest absolute Gasteiger partial charge is 0.225 e. The van der Waals surface area contributed by atoms with Crippen molar-refractivity contribution in [3.8, 4) is 5.88 Å². The van der Waals surface area contributed by atoms with Gasteiger partial charge in [0.2, 0.25) is 11.8 Å². The molecule has 0 aromatic carbocycles. The molecule has 2 N–H and O–H groups in total. The number of aromatic nitrogens is 1. The molecule has 1 saturated carbocycles. The van der Waals surface area contributed by atoms with E-state index in [1.54, 1.807) is 0 Å². The van der Waals surface area contributed by atoms with E-state index in [4.69, 9.17) is 9.73 Å². The monoisotopic (exact) mass is 543 g/mol. The lowest BCUT2D eigenvalue weighted by Gasteiger charge is -2.26. The summed E-state index contributed by atoms with van der Waals surface area (Å²) in [4.78, 5) is 23.9. The first-order valence-electron chi connectivity index (χ1n) is 11.6. The van der Waals surface area contributed by atoms with Gasteiger partial charge in [-0.2, -0.15) is 0 Å². The zero-order chi connectivity index (χ0) is 21.2. The molecule has 0 bridgehead atoms. The molecule has 1 atom stereocenters. The van der Waals surface area contributed by atoms with Gasteiger partial charge in [-0.15, -0.1) is 24.0 Å². The van der Waals surface area contributed by atoms with Gasteiger partial charge in [-0.3, -0.25) is 4.79 Å². The quantitative estimate of drug-likeness (QED) is 0.297. The van der Waals surface area contributed by atoms with E-state index in [9.17, 15) is 4.79 Å². The number of carbonyl (C=O) groups excluding carboxylic acids is 1. The van der Waals surface area contributed by atoms with Crippen LogP contribution in [0.25, 0.3) is 0 Å². The Balaban J connectivity index is 0.00000341. The molecule has 1 saturated heterocycles. The molecule has 2 aliphatic rings. The van der Waals surface area contributed by atoms with Crippen LogP contribution < -0.4 is 15.4 Å². The van der Waals surface area contributed by atoms with E-state index in [1.807, 2.05) is 18.3 Å². The summed E-state index contributed by atoms with van der Waals surface area (Å²) in [6.45, 7) is 7.78. The van der Waals surface area contributed by atoms with Crippen molar-refractivity contribution in [1.29, 1.82) is 0 Å². The third kappa shape index (κ3) is 8.12. The molecule has 1 amide bonds. The lowest BCUT2D eigenvalue weighted by Crippen LogP contribution is -2.45. The number of nitrogens with zero attached hydrogens (tertiary/aromatic N) is 3. The van der Waals surface area contributed by atoms with Gasteiger partial charge in [-0.25, -0.2) is 9.98 Å². The van der Waals surface area contributed by atoms with Crippen LogP contribution in [0.4, 0.5) is 0 Å². The summed E-state index contributed by atoms with van der Waals surface area (Å²) in [6.07, 6.45) is 9.55. The first-order valence-corrected chi connectivity index (χ1v) is 11.6. The zero-order valence-corrected chi connectivity index (χ0v) is 21.3. The molecule has 0 spiro atoms. The molecule has 2 fully saturated rings. The van der Waals surface area contributed by atoms with Crippen molar-refractivity contribution in [2.24, 2.45) is 10.9 Å². The van der Waals surface area contributed by atoms with Crippen LogP contribution in [0.5, 0.6) is 5.88 Å². The number of likely N-dealkylation sites (tertiary alicyclic amines) is 1. The zero-order valence-electron chi connectivity index (χ0n) is 18.9. The Labute approximate surface area is 203 Å². The summed E-state index contributed by atoms with van der Waals surface area (Å²) in [7, 11) is 0. The molecule has 7 nitrogen and oxygen atoms in total. The second kappa shape index (κ2) is 13.8. The highest BCUT2D eigenvalue weighted by Crippen LogP contribution is 2.26. The van der Waals surface area contributed by atoms with Gasteiger partial charge in [0, 0.05) is 43.9 Å². The Hall–Kier alpha value is -1.58. The molecule has 2 heterocycles. The van der Waals surface area contributed by atoms with E-state index in [2.05, 4.69) is 34.4 Å². The van der Waals surface area contributed by atoms with Gasteiger partial charge in [-0.05, 0) is 38.2 Å². The highest BCUT2D eigenvalue weighted by atomic mass is 127. The summed E-state index contributed by atoms with van der Waals surface area (Å²) in [5.74, 6) is 2.05. The van der Waals surface area contributed by atoms with Gasteiger partial charge < -0.3 is 20.3 Å². The van der Waals surface area contributed by atoms with Gasteiger partial charge in [0.1, 0.15) is 0 Å². The van der Waals surface area contributed by atoms with Crippen molar-refractivity contribution in [2.45, 2.75) is 71.4 Å². The topological polar surface area (TPSA) is 78.9 Å². The summed E-state index contributed by atoms with van der Waals surface area (Å²) in [5, 5.41) is 6.83. The average molecular weight is 543 g/mol. The van der Waals surface area contributed by atoms with Gasteiger partial charge in [0.05, 0.1) is 13.2 Å². The van der Waals surface area contributed by atoms with E-state index in [1.165, 1.54) is 19.3 Å². The van der Waals surface area contributed by atoms with Crippen molar-refractivity contribution >= 4 is 35.8 Å². The van der Waals surface area contributed by atoms with Crippen LogP contribution in [-0.4, -0.2) is 54.0 Å². The number of guanidine groups is 1. The predicted molar refractivity (Wildman–Crippen MR) is 135 cm³/mol. The fourth-order valence-electron chi connectivity index (χ4n) is 4.17. The molecule has 8 heteroatoms. The average Bonchev–Trinajstić information content (AvgIpc) is 3.25. The number of ether oxygens (including phenoxy) is 1. The fraction of sp³-hybridized carbons (Fsp3) is 0.696. The summed E-state index contributed by atoms with van der Waals surface area (Å²) in [5.41, 5.74) is 1.04. The van der Waals surface area contributed by atoms with Crippen molar-refractivity contribution < 1.29 is 9.53 Å². The second-order valence-corrected chi connectivity index (χ2v) is 8.30. The highest BCUT2D eigenvalue weighted by molar-refractivity contribution is 14.0. The molecule has 1 aromatic heterocycles. The molecular formula is C23H38IN5O2. The molecule has 31 heavy (non-hydrogen) atoms. The fourth-order valence-corrected chi connectivity index (χ4v) is 4.17. The summed E-state index contributed by atoms with van der Waals surface area (Å²) in [6, 6.07) is 4.15. The molecule has 0 radical (unpaired) electrons. The van der Waals surface area contributed by atoms with Crippen LogP contribution in [0.3, 0.4) is 0 Å². The summed E-state index contributed by atoms with van der Waals surface area (Å²) >= 11 is 0. The number of nitrogens with one attached hydrogen (secondary N) is 2. The normalized spacial score (nSPS) is 19.6. The second-order valence-electron chi connectivity index (χ2n) is 8.30. The number of carbonyl (C=O) groups is 1. The SMILES string of the molecule is CCCOc1ccc(CN=C(NCC)NC2CCN(C(=O)C3CCCCC3)C2)cn1.I. The molecule has 1 aliphatic heterocycles. The predicted octanol–water partition coefficient (Wildman–Crippen LogP) is 3.72. The minimum atomic E-state index is 0. The first kappa shape index (κ1) is 25.7. The molecular weight excluding hydrogens is 505 g/mol. The number of rotatable bonds is 8. The molecule has 1 aromatic rings. The first-order chi connectivity index (χ1) is 14.7. The molecule has 174 valence electrons. The number of amides is 1. The number of halogens is 1. The maximum atomic E-state index is 12.8. The van der Waals surface area contributed by atoms with Crippen LogP contribution in [0.1, 0.15) is 64.4 Å². The largest absolute Gasteiger partial charge is 0.478 e. The van der Waals surface area contributed by atoms with Crippen LogP contribution in [0.2, 0.25) is 0 Å². The van der Waals surface area contributed by atoms with Crippen LogP contribution in [0, 0.1) is 5.92 Å². The van der Waals surface area contributed by atoms with Crippen LogP contribution in [0.15, 0.2) is 23.3 Å². The highest BCUT2D eigenvalue weighted by Gasteiger charge is 2.31. The van der Waals surface area contributed by atoms with E-state index < -0.39 is 0 Å². The minimum absolute atomic E-state index is 0. The third-order valence-electron chi connectivity index (χ3n) is 5.81. The maximum Gasteiger partial charge on any atom is 0.225 e. The Morgan fingerprint density at radius 3 is 2.71 bits per heavy atom. The number of hydrogen-bond donors (Lipinski definition) is 2. The lowest BCUT2D eigenvalue weighted by molar-refractivity contribution is -0.135. The minimum Gasteiger partial charge on any atom is -0.478 e. The van der Waals surface area contributed by atoms with Crippen molar-refractivity contribution in [3.05, 3.63) is 23.9 Å². The van der Waals surface area contributed by atoms with Crippen molar-refractivity contribution in [3.63, 3.8) is 0 Å². The van der Waals surface area contributed by atoms with Gasteiger partial charge in [0.25, 0.3) is 0 Å². The van der Waals surface area contributed by atoms with Gasteiger partial charge >= 0.3 is 0 Å². The third-order valence-corrected chi connectivity index (χ3v) is 5.81. The maximum absolute atomic E-state index is 12.8. The van der Waals surface area contributed by atoms with E-state index in [0.29, 0.717) is 24.9 Å². The van der Waals surface area contributed by atoms with E-state index >= 15 is 0 Å². The van der Waals surface area contributed by atoms with Crippen LogP contribution in [-0.2, 0) is 11.3 Å². The Bertz CT molecular complexity index is 692. The van der Waals surface area contributed by atoms with Crippen molar-refractivity contribution in [1.82, 2.24) is 20.5 Å². The summed E-state index contributed by atoms with van der Waals surface area (Å²) < 4.78 is 5.53. The van der Waals surface area contributed by atoms with Crippen molar-refractivity contribution in [2.75, 3.05) is 26.2 Å². The molecule has 3 rings (SSSR count). The number of hydrogen-bond acceptors (Lipinski definition) is 4. The van der Waals surface area contributed by atoms with Gasteiger partial charge in [-0.1, -0.05) is 32.3 Å². The Morgan fingerprint density at radius 1 is 1.23 bits per heavy atom. The number of pyridine rings is 1. The lowest BCUT2D eigenvalue weighted by atomic mass is 9.88. The Kier molecular flexibility index (Phi) is 11.4. The Morgan fingerprint density at radius 2 is 2.03 bits per heavy atom.